The average molecular weight is 595 g/mol. The number of esters is 1. The molecule has 8 nitrogen and oxygen atoms in total. The average Bonchev–Trinajstić information content (AvgIpc) is 2.94. The van der Waals surface area contributed by atoms with E-state index in [-0.39, 0.29) is 36.5 Å². The molecule has 42 heavy (non-hydrogen) atoms. The predicted octanol–water partition coefficient (Wildman–Crippen LogP) is 5.93. The first-order valence-corrected chi connectivity index (χ1v) is 15.6. The number of Topliss-reactive ketones (excluding diaryl/α,β-unsaturated/α-hetero) is 1. The fourth-order valence-electron chi connectivity index (χ4n) is 5.43. The van der Waals surface area contributed by atoms with E-state index in [1.807, 2.05) is 75.4 Å². The topological polar surface area (TPSA) is 93.2 Å². The number of cyclic esters (lactones) is 1. The van der Waals surface area contributed by atoms with E-state index >= 15 is 0 Å². The summed E-state index contributed by atoms with van der Waals surface area (Å²) in [5.41, 5.74) is 0.171. The van der Waals surface area contributed by atoms with E-state index in [0.29, 0.717) is 39.0 Å². The Labute approximate surface area is 253 Å². The van der Waals surface area contributed by atoms with E-state index in [4.69, 9.17) is 9.47 Å². The molecule has 0 aliphatic carbocycles. The van der Waals surface area contributed by atoms with Crippen molar-refractivity contribution in [3.8, 4) is 0 Å². The normalized spacial score (nSPS) is 21.3. The van der Waals surface area contributed by atoms with E-state index in [1.54, 1.807) is 9.80 Å². The summed E-state index contributed by atoms with van der Waals surface area (Å²) in [4.78, 5) is 56.7. The van der Waals surface area contributed by atoms with Crippen molar-refractivity contribution in [1.82, 2.24) is 9.80 Å². The molecule has 2 atom stereocenters. The highest BCUT2D eigenvalue weighted by atomic mass is 32.2. The Morgan fingerprint density at radius 1 is 0.976 bits per heavy atom. The summed E-state index contributed by atoms with van der Waals surface area (Å²) >= 11 is 1.26. The van der Waals surface area contributed by atoms with Gasteiger partial charge in [-0.1, -0.05) is 62.4 Å². The zero-order valence-corrected chi connectivity index (χ0v) is 26.1. The second-order valence-electron chi connectivity index (χ2n) is 12.3. The van der Waals surface area contributed by atoms with Gasteiger partial charge in [-0.15, -0.1) is 11.8 Å². The minimum Gasteiger partial charge on any atom is -0.453 e. The van der Waals surface area contributed by atoms with Crippen LogP contribution in [0.4, 0.5) is 4.79 Å². The van der Waals surface area contributed by atoms with Crippen LogP contribution in [-0.4, -0.2) is 70.6 Å². The van der Waals surface area contributed by atoms with Crippen molar-refractivity contribution < 1.29 is 28.7 Å². The second-order valence-corrected chi connectivity index (χ2v) is 13.5. The molecule has 2 aromatic rings. The maximum absolute atomic E-state index is 13.6. The van der Waals surface area contributed by atoms with E-state index in [0.717, 1.165) is 16.0 Å². The molecule has 2 fully saturated rings. The van der Waals surface area contributed by atoms with E-state index in [1.165, 1.54) is 11.8 Å². The quantitative estimate of drug-likeness (QED) is 0.276. The molecule has 2 heterocycles. The molecule has 4 rings (SSSR count). The highest BCUT2D eigenvalue weighted by molar-refractivity contribution is 8.01. The zero-order valence-electron chi connectivity index (χ0n) is 25.3. The molecule has 2 aromatic carbocycles. The molecule has 0 bridgehead atoms. The van der Waals surface area contributed by atoms with Crippen molar-refractivity contribution in [3.05, 3.63) is 65.7 Å². The molecular formula is C33H42N2O6S. The predicted molar refractivity (Wildman–Crippen MR) is 162 cm³/mol. The Kier molecular flexibility index (Phi) is 10.0. The summed E-state index contributed by atoms with van der Waals surface area (Å²) in [7, 11) is 0. The van der Waals surface area contributed by atoms with Gasteiger partial charge in [-0.3, -0.25) is 14.4 Å². The first-order chi connectivity index (χ1) is 19.9. The number of hydrogen-bond donors (Lipinski definition) is 0. The van der Waals surface area contributed by atoms with Gasteiger partial charge in [-0.05, 0) is 56.7 Å². The van der Waals surface area contributed by atoms with Crippen molar-refractivity contribution in [2.24, 2.45) is 0 Å². The van der Waals surface area contributed by atoms with E-state index in [9.17, 15) is 19.2 Å². The van der Waals surface area contributed by atoms with Crippen LogP contribution in [0.25, 0.3) is 0 Å². The van der Waals surface area contributed by atoms with Gasteiger partial charge in [-0.25, -0.2) is 4.79 Å². The van der Waals surface area contributed by atoms with Crippen LogP contribution in [0, 0.1) is 0 Å². The van der Waals surface area contributed by atoms with Crippen LogP contribution in [0.5, 0.6) is 0 Å². The van der Waals surface area contributed by atoms with E-state index < -0.39 is 22.4 Å². The molecule has 2 aliphatic rings. The van der Waals surface area contributed by atoms with Crippen LogP contribution in [-0.2, 0) is 29.5 Å². The smallest absolute Gasteiger partial charge is 0.410 e. The van der Waals surface area contributed by atoms with Crippen LogP contribution in [0.1, 0.15) is 77.3 Å². The standard InChI is InChI=1S/C33H42N2O6S/c1-23(2)25-14-9-10-15-27(25)42-29-26(36)22-33(40-30(29)38,24-12-7-6-8-13-24)17-11-16-28(37)34-18-20-35(21-19-34)31(39)41-32(3,4)5/h6-10,12-15,23,29H,11,16-22H2,1-5H3. The number of hydrogen-bond acceptors (Lipinski definition) is 7. The summed E-state index contributed by atoms with van der Waals surface area (Å²) < 4.78 is 11.6. The van der Waals surface area contributed by atoms with Crippen LogP contribution >= 0.6 is 11.8 Å². The number of amides is 2. The van der Waals surface area contributed by atoms with Crippen molar-refractivity contribution in [3.63, 3.8) is 0 Å². The molecule has 2 unspecified atom stereocenters. The summed E-state index contributed by atoms with van der Waals surface area (Å²) in [6, 6.07) is 17.2. The minimum absolute atomic E-state index is 0.0192. The number of thioether (sulfide) groups is 1. The van der Waals surface area contributed by atoms with Crippen molar-refractivity contribution in [1.29, 1.82) is 0 Å². The number of ketones is 1. The summed E-state index contributed by atoms with van der Waals surface area (Å²) in [5.74, 6) is -0.467. The van der Waals surface area contributed by atoms with Crippen LogP contribution in [0.15, 0.2) is 59.5 Å². The third-order valence-corrected chi connectivity index (χ3v) is 8.92. The van der Waals surface area contributed by atoms with Crippen LogP contribution in [0.2, 0.25) is 0 Å². The second kappa shape index (κ2) is 13.3. The van der Waals surface area contributed by atoms with Gasteiger partial charge in [0.25, 0.3) is 0 Å². The number of piperazine rings is 1. The zero-order chi connectivity index (χ0) is 30.5. The number of rotatable bonds is 8. The van der Waals surface area contributed by atoms with Gasteiger partial charge in [-0.2, -0.15) is 0 Å². The monoisotopic (exact) mass is 594 g/mol. The molecule has 0 N–H and O–H groups in total. The Morgan fingerprint density at radius 2 is 1.60 bits per heavy atom. The minimum atomic E-state index is -1.11. The maximum atomic E-state index is 13.6. The number of benzene rings is 2. The largest absolute Gasteiger partial charge is 0.453 e. The lowest BCUT2D eigenvalue weighted by Gasteiger charge is -2.39. The Balaban J connectivity index is 1.39. The molecule has 226 valence electrons. The van der Waals surface area contributed by atoms with Gasteiger partial charge in [0.2, 0.25) is 5.91 Å². The van der Waals surface area contributed by atoms with Crippen molar-refractivity contribution in [2.75, 3.05) is 26.2 Å². The van der Waals surface area contributed by atoms with E-state index in [2.05, 4.69) is 13.8 Å². The lowest BCUT2D eigenvalue weighted by Crippen LogP contribution is -2.51. The highest BCUT2D eigenvalue weighted by Gasteiger charge is 2.48. The summed E-state index contributed by atoms with van der Waals surface area (Å²) in [6.07, 6.45) is 0.763. The SMILES string of the molecule is CC(C)c1ccccc1SC1C(=O)CC(CCCC(=O)N2CCN(C(=O)OC(C)(C)C)CC2)(c2ccccc2)OC1=O. The number of ether oxygens (including phenoxy) is 2. The molecule has 2 amide bonds. The molecule has 0 saturated carbocycles. The molecule has 0 spiro atoms. The summed E-state index contributed by atoms with van der Waals surface area (Å²) in [6.45, 7) is 11.4. The third kappa shape index (κ3) is 7.73. The fraction of sp³-hybridized carbons (Fsp3) is 0.515. The molecule has 9 heteroatoms. The molecule has 0 aromatic heterocycles. The summed E-state index contributed by atoms with van der Waals surface area (Å²) in [5, 5.41) is -0.926. The molecule has 0 radical (unpaired) electrons. The van der Waals surface area contributed by atoms with Gasteiger partial charge in [0.05, 0.1) is 6.42 Å². The maximum Gasteiger partial charge on any atom is 0.410 e. The lowest BCUT2D eigenvalue weighted by molar-refractivity contribution is -0.172. The van der Waals surface area contributed by atoms with Crippen molar-refractivity contribution >= 4 is 35.5 Å². The molecule has 2 aliphatic heterocycles. The van der Waals surface area contributed by atoms with Gasteiger partial charge >= 0.3 is 12.1 Å². The Bertz CT molecular complexity index is 1260. The number of carbonyl (C=O) groups excluding carboxylic acids is 4. The first kappa shape index (κ1) is 31.6. The molecular weight excluding hydrogens is 552 g/mol. The van der Waals surface area contributed by atoms with Gasteiger partial charge in [0.1, 0.15) is 11.2 Å². The van der Waals surface area contributed by atoms with Crippen LogP contribution < -0.4 is 0 Å². The van der Waals surface area contributed by atoms with Crippen LogP contribution in [0.3, 0.4) is 0 Å². The van der Waals surface area contributed by atoms with Gasteiger partial charge in [0, 0.05) is 37.5 Å². The molecule has 2 saturated heterocycles. The lowest BCUT2D eigenvalue weighted by atomic mass is 9.81. The Hall–Kier alpha value is -3.33. The first-order valence-electron chi connectivity index (χ1n) is 14.7. The highest BCUT2D eigenvalue weighted by Crippen LogP contribution is 2.43. The van der Waals surface area contributed by atoms with Crippen molar-refractivity contribution in [2.45, 2.75) is 87.6 Å². The number of carbonyl (C=O) groups is 4. The van der Waals surface area contributed by atoms with Gasteiger partial charge < -0.3 is 19.3 Å². The Morgan fingerprint density at radius 3 is 2.21 bits per heavy atom. The fourth-order valence-corrected chi connectivity index (χ4v) is 6.64. The van der Waals surface area contributed by atoms with Gasteiger partial charge in [0.15, 0.2) is 11.0 Å². The number of nitrogens with zero attached hydrogens (tertiary/aromatic N) is 2. The third-order valence-electron chi connectivity index (χ3n) is 7.60.